The van der Waals surface area contributed by atoms with Gasteiger partial charge in [0.05, 0.1) is 6.10 Å². The van der Waals surface area contributed by atoms with Crippen LogP contribution in [0.3, 0.4) is 0 Å². The standard InChI is InChI=1S/C26H42O/c1-3-5-6-8-24-17-18-25(19-26(24)27)23-15-13-22(14-16-23)21-11-9-20(7-4-2)10-12-21/h13-16,20-21,24-27H,3-12,17-19H2,1-2H3/t20-,21-,24-,25?,26-/m1/s1. The maximum absolute atomic E-state index is 10.6. The van der Waals surface area contributed by atoms with E-state index in [4.69, 9.17) is 0 Å². The Morgan fingerprint density at radius 2 is 1.37 bits per heavy atom. The lowest BCUT2D eigenvalue weighted by atomic mass is 9.74. The minimum absolute atomic E-state index is 0.0888. The van der Waals surface area contributed by atoms with Crippen LogP contribution >= 0.6 is 0 Å². The molecular weight excluding hydrogens is 328 g/mol. The molecule has 1 nitrogen and oxygen atoms in total. The molecule has 2 aliphatic carbocycles. The number of benzene rings is 1. The van der Waals surface area contributed by atoms with Crippen molar-refractivity contribution < 1.29 is 5.11 Å². The molecule has 1 heteroatoms. The zero-order valence-corrected chi connectivity index (χ0v) is 17.8. The average Bonchev–Trinajstić information content (AvgIpc) is 2.70. The molecule has 152 valence electrons. The molecule has 0 radical (unpaired) electrons. The molecule has 2 aliphatic rings. The summed E-state index contributed by atoms with van der Waals surface area (Å²) in [5.41, 5.74) is 3.02. The number of aliphatic hydroxyl groups is 1. The summed E-state index contributed by atoms with van der Waals surface area (Å²) in [5, 5.41) is 10.6. The highest BCUT2D eigenvalue weighted by molar-refractivity contribution is 5.28. The first-order valence-corrected chi connectivity index (χ1v) is 12.0. The van der Waals surface area contributed by atoms with E-state index in [1.807, 2.05) is 0 Å². The molecule has 3 atom stereocenters. The van der Waals surface area contributed by atoms with Crippen LogP contribution in [-0.2, 0) is 0 Å². The van der Waals surface area contributed by atoms with Crippen LogP contribution in [0.15, 0.2) is 24.3 Å². The monoisotopic (exact) mass is 370 g/mol. The second kappa shape index (κ2) is 10.6. The van der Waals surface area contributed by atoms with E-state index >= 15 is 0 Å². The summed E-state index contributed by atoms with van der Waals surface area (Å²) >= 11 is 0. The molecule has 0 heterocycles. The number of rotatable bonds is 8. The third-order valence-corrected chi connectivity index (χ3v) is 7.56. The Labute approximate surface area is 168 Å². The van der Waals surface area contributed by atoms with E-state index in [1.54, 1.807) is 5.56 Å². The zero-order valence-electron chi connectivity index (χ0n) is 17.8. The molecule has 2 saturated carbocycles. The van der Waals surface area contributed by atoms with Crippen molar-refractivity contribution in [3.8, 4) is 0 Å². The SMILES string of the molecule is CCCCC[C@@H]1CCC(c2ccc([C@H]3CC[C@H](CCC)CC3)cc2)C[C@H]1O. The van der Waals surface area contributed by atoms with E-state index in [2.05, 4.69) is 38.1 Å². The van der Waals surface area contributed by atoms with Crippen molar-refractivity contribution in [2.24, 2.45) is 11.8 Å². The van der Waals surface area contributed by atoms with Gasteiger partial charge in [-0.05, 0) is 86.2 Å². The number of hydrogen-bond acceptors (Lipinski definition) is 1. The molecular formula is C26H42O. The van der Waals surface area contributed by atoms with Crippen molar-refractivity contribution in [1.82, 2.24) is 0 Å². The minimum Gasteiger partial charge on any atom is -0.393 e. The first-order valence-electron chi connectivity index (χ1n) is 12.0. The third-order valence-electron chi connectivity index (χ3n) is 7.56. The highest BCUT2D eigenvalue weighted by atomic mass is 16.3. The third kappa shape index (κ3) is 5.83. The molecule has 0 bridgehead atoms. The van der Waals surface area contributed by atoms with Crippen LogP contribution in [-0.4, -0.2) is 11.2 Å². The predicted molar refractivity (Wildman–Crippen MR) is 116 cm³/mol. The van der Waals surface area contributed by atoms with Crippen molar-refractivity contribution >= 4 is 0 Å². The Morgan fingerprint density at radius 3 is 1.96 bits per heavy atom. The summed E-state index contributed by atoms with van der Waals surface area (Å²) < 4.78 is 0. The molecule has 3 rings (SSSR count). The van der Waals surface area contributed by atoms with E-state index in [0.717, 1.165) is 18.3 Å². The van der Waals surface area contributed by atoms with Crippen LogP contribution in [0.5, 0.6) is 0 Å². The summed E-state index contributed by atoms with van der Waals surface area (Å²) in [7, 11) is 0. The van der Waals surface area contributed by atoms with Crippen molar-refractivity contribution in [3.05, 3.63) is 35.4 Å². The fourth-order valence-electron chi connectivity index (χ4n) is 5.74. The van der Waals surface area contributed by atoms with Crippen molar-refractivity contribution in [1.29, 1.82) is 0 Å². The van der Waals surface area contributed by atoms with Gasteiger partial charge < -0.3 is 5.11 Å². The van der Waals surface area contributed by atoms with Gasteiger partial charge >= 0.3 is 0 Å². The maximum atomic E-state index is 10.6. The molecule has 27 heavy (non-hydrogen) atoms. The highest BCUT2D eigenvalue weighted by Crippen LogP contribution is 2.40. The lowest BCUT2D eigenvalue weighted by molar-refractivity contribution is 0.0548. The summed E-state index contributed by atoms with van der Waals surface area (Å²) in [6.45, 7) is 4.58. The first-order chi connectivity index (χ1) is 13.2. The smallest absolute Gasteiger partial charge is 0.0574 e. The van der Waals surface area contributed by atoms with Crippen LogP contribution in [0.1, 0.15) is 120 Å². The Balaban J connectivity index is 1.49. The molecule has 0 aromatic heterocycles. The van der Waals surface area contributed by atoms with Crippen LogP contribution in [0.2, 0.25) is 0 Å². The van der Waals surface area contributed by atoms with E-state index < -0.39 is 0 Å². The zero-order chi connectivity index (χ0) is 19.1. The summed E-state index contributed by atoms with van der Waals surface area (Å²) in [6.07, 6.45) is 16.8. The van der Waals surface area contributed by atoms with Gasteiger partial charge in [-0.2, -0.15) is 0 Å². The highest BCUT2D eigenvalue weighted by Gasteiger charge is 2.29. The van der Waals surface area contributed by atoms with Gasteiger partial charge in [-0.1, -0.05) is 70.2 Å². The van der Waals surface area contributed by atoms with Crippen LogP contribution in [0, 0.1) is 11.8 Å². The van der Waals surface area contributed by atoms with Gasteiger partial charge in [0.15, 0.2) is 0 Å². The fourth-order valence-corrected chi connectivity index (χ4v) is 5.74. The molecule has 1 N–H and O–H groups in total. The van der Waals surface area contributed by atoms with Gasteiger partial charge in [-0.25, -0.2) is 0 Å². The maximum Gasteiger partial charge on any atom is 0.0574 e. The summed E-state index contributed by atoms with van der Waals surface area (Å²) in [4.78, 5) is 0. The van der Waals surface area contributed by atoms with E-state index in [9.17, 15) is 5.11 Å². The molecule has 0 saturated heterocycles. The van der Waals surface area contributed by atoms with Crippen LogP contribution in [0.25, 0.3) is 0 Å². The normalized spacial score (nSPS) is 31.7. The molecule has 1 aromatic carbocycles. The van der Waals surface area contributed by atoms with Crippen LogP contribution in [0.4, 0.5) is 0 Å². The molecule has 0 amide bonds. The Morgan fingerprint density at radius 1 is 0.741 bits per heavy atom. The lowest BCUT2D eigenvalue weighted by Gasteiger charge is -2.34. The van der Waals surface area contributed by atoms with Gasteiger partial charge in [-0.3, -0.25) is 0 Å². The molecule has 0 spiro atoms. The van der Waals surface area contributed by atoms with E-state index in [1.165, 1.54) is 82.6 Å². The van der Waals surface area contributed by atoms with Gasteiger partial charge in [0.25, 0.3) is 0 Å². The van der Waals surface area contributed by atoms with Gasteiger partial charge in [0.2, 0.25) is 0 Å². The second-order valence-electron chi connectivity index (χ2n) is 9.51. The topological polar surface area (TPSA) is 20.2 Å². The number of aliphatic hydroxyl groups excluding tert-OH is 1. The fraction of sp³-hybridized carbons (Fsp3) is 0.769. The Bertz CT molecular complexity index is 526. The van der Waals surface area contributed by atoms with Crippen molar-refractivity contribution in [2.75, 3.05) is 0 Å². The number of unbranched alkanes of at least 4 members (excludes halogenated alkanes) is 2. The Kier molecular flexibility index (Phi) is 8.24. The van der Waals surface area contributed by atoms with Gasteiger partial charge in [-0.15, -0.1) is 0 Å². The van der Waals surface area contributed by atoms with Crippen molar-refractivity contribution in [2.45, 2.75) is 115 Å². The molecule has 2 fully saturated rings. The summed E-state index contributed by atoms with van der Waals surface area (Å²) in [5.74, 6) is 2.88. The summed E-state index contributed by atoms with van der Waals surface area (Å²) in [6, 6.07) is 9.56. The molecule has 0 aliphatic heterocycles. The minimum atomic E-state index is -0.0888. The van der Waals surface area contributed by atoms with E-state index in [0.29, 0.717) is 11.8 Å². The van der Waals surface area contributed by atoms with E-state index in [-0.39, 0.29) is 6.10 Å². The quantitative estimate of drug-likeness (QED) is 0.467. The number of hydrogen-bond donors (Lipinski definition) is 1. The van der Waals surface area contributed by atoms with Gasteiger partial charge in [0.1, 0.15) is 0 Å². The lowest BCUT2D eigenvalue weighted by Crippen LogP contribution is -2.28. The Hall–Kier alpha value is -0.820. The van der Waals surface area contributed by atoms with Crippen LogP contribution < -0.4 is 0 Å². The van der Waals surface area contributed by atoms with Crippen molar-refractivity contribution in [3.63, 3.8) is 0 Å². The molecule has 1 aromatic rings. The largest absolute Gasteiger partial charge is 0.393 e. The van der Waals surface area contributed by atoms with Gasteiger partial charge in [0, 0.05) is 0 Å². The predicted octanol–water partition coefficient (Wildman–Crippen LogP) is 7.59. The molecule has 1 unspecified atom stereocenters. The second-order valence-corrected chi connectivity index (χ2v) is 9.51. The first kappa shape index (κ1) is 20.9. The average molecular weight is 371 g/mol.